The summed E-state index contributed by atoms with van der Waals surface area (Å²) in [6.45, 7) is 0. The summed E-state index contributed by atoms with van der Waals surface area (Å²) in [6.07, 6.45) is 1.79. The number of carboxylic acids is 1. The summed E-state index contributed by atoms with van der Waals surface area (Å²) in [4.78, 5) is 17.3. The molecule has 0 aliphatic heterocycles. The van der Waals surface area contributed by atoms with E-state index in [1.54, 1.807) is 23.9 Å². The van der Waals surface area contributed by atoms with Crippen molar-refractivity contribution in [3.8, 4) is 22.1 Å². The van der Waals surface area contributed by atoms with E-state index >= 15 is 0 Å². The van der Waals surface area contributed by atoms with Gasteiger partial charge in [0.15, 0.2) is 5.76 Å². The highest BCUT2D eigenvalue weighted by molar-refractivity contribution is 7.98. The molecule has 3 rings (SSSR count). The van der Waals surface area contributed by atoms with Crippen LogP contribution in [0.1, 0.15) is 5.69 Å². The fraction of sp³-hybridized carbons (Fsp3) is 0.125. The Kier molecular flexibility index (Phi) is 4.75. The van der Waals surface area contributed by atoms with E-state index < -0.39 is 5.97 Å². The minimum absolute atomic E-state index is 0.198. The molecule has 1 aromatic carbocycles. The Hall–Kier alpha value is -1.76. The zero-order valence-electron chi connectivity index (χ0n) is 12.1. The number of oxazole rings is 1. The van der Waals surface area contributed by atoms with Gasteiger partial charge in [-0.05, 0) is 36.6 Å². The van der Waals surface area contributed by atoms with Crippen molar-refractivity contribution in [3.63, 3.8) is 0 Å². The average Bonchev–Trinajstić information content (AvgIpc) is 3.13. The summed E-state index contributed by atoms with van der Waals surface area (Å²) < 4.78 is 6.48. The normalized spacial score (nSPS) is 10.9. The van der Waals surface area contributed by atoms with E-state index in [1.807, 2.05) is 30.5 Å². The van der Waals surface area contributed by atoms with Gasteiger partial charge in [-0.1, -0.05) is 17.7 Å². The third kappa shape index (κ3) is 3.60. The number of nitrogens with zero attached hydrogens (tertiary/aromatic N) is 1. The quantitative estimate of drug-likeness (QED) is 0.639. The van der Waals surface area contributed by atoms with Gasteiger partial charge in [0, 0.05) is 10.5 Å². The summed E-state index contributed by atoms with van der Waals surface area (Å²) in [5.41, 5.74) is 1.22. The van der Waals surface area contributed by atoms with Crippen LogP contribution in [-0.2, 0) is 11.2 Å². The highest BCUT2D eigenvalue weighted by atomic mass is 35.5. The second-order valence-corrected chi connectivity index (χ2v) is 7.30. The first-order valence-electron chi connectivity index (χ1n) is 6.68. The second kappa shape index (κ2) is 6.78. The first-order chi connectivity index (χ1) is 11.1. The molecule has 2 heterocycles. The molecule has 0 unspecified atom stereocenters. The molecule has 23 heavy (non-hydrogen) atoms. The van der Waals surface area contributed by atoms with Crippen LogP contribution >= 0.6 is 34.7 Å². The SMILES string of the molecule is CSc1cccc(-c2nc(CC(=O)O)c(-c3ccc(Cl)s3)o2)c1. The lowest BCUT2D eigenvalue weighted by molar-refractivity contribution is -0.136. The fourth-order valence-electron chi connectivity index (χ4n) is 2.12. The molecule has 3 aromatic rings. The van der Waals surface area contributed by atoms with Crippen LogP contribution in [-0.4, -0.2) is 22.3 Å². The molecule has 0 aliphatic carbocycles. The monoisotopic (exact) mass is 365 g/mol. The maximum absolute atomic E-state index is 11.1. The molecule has 0 amide bonds. The van der Waals surface area contributed by atoms with Gasteiger partial charge in [0.1, 0.15) is 0 Å². The van der Waals surface area contributed by atoms with Gasteiger partial charge in [-0.25, -0.2) is 4.98 Å². The van der Waals surface area contributed by atoms with Crippen LogP contribution in [0, 0.1) is 0 Å². The smallest absolute Gasteiger partial charge is 0.309 e. The van der Waals surface area contributed by atoms with Crippen LogP contribution < -0.4 is 0 Å². The van der Waals surface area contributed by atoms with Crippen molar-refractivity contribution >= 4 is 40.7 Å². The minimum Gasteiger partial charge on any atom is -0.481 e. The van der Waals surface area contributed by atoms with Gasteiger partial charge in [-0.2, -0.15) is 0 Å². The average molecular weight is 366 g/mol. The molecule has 0 bridgehead atoms. The van der Waals surface area contributed by atoms with Crippen molar-refractivity contribution in [2.45, 2.75) is 11.3 Å². The summed E-state index contributed by atoms with van der Waals surface area (Å²) in [7, 11) is 0. The van der Waals surface area contributed by atoms with Crippen molar-refractivity contribution in [2.24, 2.45) is 0 Å². The van der Waals surface area contributed by atoms with Crippen LogP contribution in [0.2, 0.25) is 4.34 Å². The van der Waals surface area contributed by atoms with E-state index in [2.05, 4.69) is 4.98 Å². The largest absolute Gasteiger partial charge is 0.481 e. The van der Waals surface area contributed by atoms with E-state index in [9.17, 15) is 4.79 Å². The molecule has 0 radical (unpaired) electrons. The Bertz CT molecular complexity index is 857. The highest BCUT2D eigenvalue weighted by Crippen LogP contribution is 2.36. The van der Waals surface area contributed by atoms with Crippen molar-refractivity contribution < 1.29 is 14.3 Å². The zero-order valence-corrected chi connectivity index (χ0v) is 14.5. The lowest BCUT2D eigenvalue weighted by Crippen LogP contribution is -2.01. The number of halogens is 1. The summed E-state index contributed by atoms with van der Waals surface area (Å²) in [5.74, 6) is -0.0721. The highest BCUT2D eigenvalue weighted by Gasteiger charge is 2.20. The maximum Gasteiger partial charge on any atom is 0.309 e. The predicted molar refractivity (Wildman–Crippen MR) is 93.4 cm³/mol. The molecule has 0 aliphatic rings. The Balaban J connectivity index is 2.08. The molecule has 7 heteroatoms. The lowest BCUT2D eigenvalue weighted by atomic mass is 10.2. The Morgan fingerprint density at radius 1 is 1.39 bits per heavy atom. The third-order valence-electron chi connectivity index (χ3n) is 3.13. The summed E-state index contributed by atoms with van der Waals surface area (Å²) in [6, 6.07) is 11.3. The molecule has 118 valence electrons. The van der Waals surface area contributed by atoms with Gasteiger partial charge in [-0.15, -0.1) is 23.1 Å². The Morgan fingerprint density at radius 3 is 2.87 bits per heavy atom. The van der Waals surface area contributed by atoms with Gasteiger partial charge < -0.3 is 9.52 Å². The molecule has 0 saturated heterocycles. The number of carbonyl (C=O) groups is 1. The van der Waals surface area contributed by atoms with Crippen molar-refractivity contribution in [1.29, 1.82) is 0 Å². The number of aliphatic carboxylic acids is 1. The number of thiophene rings is 1. The summed E-state index contributed by atoms with van der Waals surface area (Å²) >= 11 is 8.92. The molecule has 4 nitrogen and oxygen atoms in total. The standard InChI is InChI=1S/C16H12ClNO3S2/c1-22-10-4-2-3-9(7-10)16-18-11(8-14(19)20)15(21-16)12-5-6-13(17)23-12/h2-7H,8H2,1H3,(H,19,20). The van der Waals surface area contributed by atoms with Crippen LogP contribution in [0.3, 0.4) is 0 Å². The van der Waals surface area contributed by atoms with Gasteiger partial charge in [-0.3, -0.25) is 4.79 Å². The van der Waals surface area contributed by atoms with E-state index in [0.717, 1.165) is 15.3 Å². The molecule has 0 fully saturated rings. The third-order valence-corrected chi connectivity index (χ3v) is 5.08. The van der Waals surface area contributed by atoms with Gasteiger partial charge in [0.25, 0.3) is 0 Å². The van der Waals surface area contributed by atoms with E-state index in [0.29, 0.717) is 21.7 Å². The lowest BCUT2D eigenvalue weighted by Gasteiger charge is -1.98. The molecule has 0 atom stereocenters. The van der Waals surface area contributed by atoms with Crippen LogP contribution in [0.25, 0.3) is 22.1 Å². The molecule has 2 aromatic heterocycles. The number of hydrogen-bond donors (Lipinski definition) is 1. The van der Waals surface area contributed by atoms with Crippen molar-refractivity contribution in [3.05, 3.63) is 46.4 Å². The number of benzene rings is 1. The summed E-state index contributed by atoms with van der Waals surface area (Å²) in [5, 5.41) is 9.10. The van der Waals surface area contributed by atoms with Crippen molar-refractivity contribution in [1.82, 2.24) is 4.98 Å². The van der Waals surface area contributed by atoms with Crippen LogP contribution in [0.15, 0.2) is 45.7 Å². The van der Waals surface area contributed by atoms with Crippen molar-refractivity contribution in [2.75, 3.05) is 6.26 Å². The van der Waals surface area contributed by atoms with E-state index in [-0.39, 0.29) is 6.42 Å². The fourth-order valence-corrected chi connectivity index (χ4v) is 3.63. The molecular formula is C16H12ClNO3S2. The van der Waals surface area contributed by atoms with Gasteiger partial charge in [0.05, 0.1) is 21.3 Å². The number of hydrogen-bond acceptors (Lipinski definition) is 5. The van der Waals surface area contributed by atoms with Crippen LogP contribution in [0.5, 0.6) is 0 Å². The molecule has 1 N–H and O–H groups in total. The Labute approximate surface area is 146 Å². The van der Waals surface area contributed by atoms with Crippen LogP contribution in [0.4, 0.5) is 0 Å². The first kappa shape index (κ1) is 16.1. The number of aromatic nitrogens is 1. The minimum atomic E-state index is -0.952. The maximum atomic E-state index is 11.1. The topological polar surface area (TPSA) is 63.3 Å². The first-order valence-corrected chi connectivity index (χ1v) is 9.10. The second-order valence-electron chi connectivity index (χ2n) is 4.70. The molecule has 0 saturated carbocycles. The number of thioether (sulfide) groups is 1. The van der Waals surface area contributed by atoms with Gasteiger partial charge in [0.2, 0.25) is 5.89 Å². The zero-order chi connectivity index (χ0) is 16.4. The number of rotatable bonds is 5. The molecule has 0 spiro atoms. The Morgan fingerprint density at radius 2 is 2.22 bits per heavy atom. The van der Waals surface area contributed by atoms with Gasteiger partial charge >= 0.3 is 5.97 Å². The number of carboxylic acid groups (broad SMARTS) is 1. The van der Waals surface area contributed by atoms with E-state index in [4.69, 9.17) is 21.1 Å². The predicted octanol–water partition coefficient (Wildman–Crippen LogP) is 5.07. The molecular weight excluding hydrogens is 354 g/mol. The van der Waals surface area contributed by atoms with E-state index in [1.165, 1.54) is 11.3 Å².